The summed E-state index contributed by atoms with van der Waals surface area (Å²) in [5.74, 6) is -3.09. The minimum Gasteiger partial charge on any atom is -0.347 e. The lowest BCUT2D eigenvalue weighted by Crippen LogP contribution is -2.61. The SMILES string of the molecule is C=CCNC(=O)C(=O)CNC(=O)[C@@H]1CCCN1C(=O)[C@@H](NC(=O)N(C)[C@H](CN1C(=O)CNC1=O)C(C)(C)C)C(C)(C)C. The molecule has 2 aliphatic heterocycles. The Morgan fingerprint density at radius 2 is 1.71 bits per heavy atom. The summed E-state index contributed by atoms with van der Waals surface area (Å²) in [4.78, 5) is 92.4. The summed E-state index contributed by atoms with van der Waals surface area (Å²) in [5, 5.41) is 10.1. The standard InChI is InChI=1S/C28H45N7O7/c1-9-12-29-23(39)18(36)14-30-22(38)17-11-10-13-34(17)24(40)21(28(5,6)7)32-26(42)33(8)19(27(2,3)4)16-35-20(37)15-31-25(35)41/h9,17,19,21H,1,10-16H2,2-8H3,(H,29,39)(H,30,38)(H,31,41)(H,32,42)/t17-,19+,21+/m0/s1. The number of likely N-dealkylation sites (tertiary alicyclic amines) is 1. The van der Waals surface area contributed by atoms with Gasteiger partial charge >= 0.3 is 12.1 Å². The maximum Gasteiger partial charge on any atom is 0.324 e. The number of ketones is 1. The lowest BCUT2D eigenvalue weighted by Gasteiger charge is -2.41. The lowest BCUT2D eigenvalue weighted by atomic mass is 9.84. The molecule has 0 saturated carbocycles. The van der Waals surface area contributed by atoms with Crippen LogP contribution in [0.4, 0.5) is 9.59 Å². The summed E-state index contributed by atoms with van der Waals surface area (Å²) >= 11 is 0. The maximum atomic E-state index is 13.8. The molecule has 0 aromatic carbocycles. The highest BCUT2D eigenvalue weighted by atomic mass is 16.2. The predicted octanol–water partition coefficient (Wildman–Crippen LogP) is -0.0125. The van der Waals surface area contributed by atoms with Gasteiger partial charge in [-0.1, -0.05) is 47.6 Å². The fraction of sp³-hybridized carbons (Fsp3) is 0.679. The number of urea groups is 2. The molecular formula is C28H45N7O7. The smallest absolute Gasteiger partial charge is 0.324 e. The number of likely N-dealkylation sites (N-methyl/N-ethyl adjacent to an activating group) is 1. The topological polar surface area (TPSA) is 177 Å². The molecule has 14 heteroatoms. The third kappa shape index (κ3) is 8.52. The van der Waals surface area contributed by atoms with Crippen LogP contribution in [-0.2, 0) is 24.0 Å². The number of rotatable bonds is 11. The van der Waals surface area contributed by atoms with E-state index >= 15 is 0 Å². The summed E-state index contributed by atoms with van der Waals surface area (Å²) in [7, 11) is 1.54. The van der Waals surface area contributed by atoms with Gasteiger partial charge in [0.15, 0.2) is 0 Å². The van der Waals surface area contributed by atoms with Crippen LogP contribution in [0.25, 0.3) is 0 Å². The van der Waals surface area contributed by atoms with Gasteiger partial charge in [-0.05, 0) is 23.7 Å². The molecule has 234 valence electrons. The molecule has 0 spiro atoms. The van der Waals surface area contributed by atoms with Crippen LogP contribution in [0.1, 0.15) is 54.4 Å². The van der Waals surface area contributed by atoms with Gasteiger partial charge in [0, 0.05) is 20.1 Å². The van der Waals surface area contributed by atoms with Crippen LogP contribution in [-0.4, -0.2) is 114 Å². The molecule has 0 bridgehead atoms. The molecule has 0 aromatic rings. The molecule has 42 heavy (non-hydrogen) atoms. The Morgan fingerprint density at radius 3 is 2.24 bits per heavy atom. The van der Waals surface area contributed by atoms with Crippen molar-refractivity contribution in [1.82, 2.24) is 36.0 Å². The van der Waals surface area contributed by atoms with E-state index in [0.717, 1.165) is 4.90 Å². The highest BCUT2D eigenvalue weighted by molar-refractivity contribution is 6.37. The molecule has 0 radical (unpaired) electrons. The van der Waals surface area contributed by atoms with Crippen LogP contribution < -0.4 is 21.3 Å². The van der Waals surface area contributed by atoms with Crippen LogP contribution in [0, 0.1) is 10.8 Å². The summed E-state index contributed by atoms with van der Waals surface area (Å²) in [5.41, 5.74) is -1.28. The summed E-state index contributed by atoms with van der Waals surface area (Å²) < 4.78 is 0. The fourth-order valence-corrected chi connectivity index (χ4v) is 4.90. The molecule has 0 aromatic heterocycles. The molecule has 14 nitrogen and oxygen atoms in total. The van der Waals surface area contributed by atoms with E-state index < -0.39 is 71.1 Å². The van der Waals surface area contributed by atoms with Crippen molar-refractivity contribution in [2.45, 2.75) is 72.5 Å². The van der Waals surface area contributed by atoms with E-state index in [2.05, 4.69) is 27.8 Å². The van der Waals surface area contributed by atoms with Crippen LogP contribution in [0.5, 0.6) is 0 Å². The third-order valence-electron chi connectivity index (χ3n) is 7.38. The van der Waals surface area contributed by atoms with Gasteiger partial charge in [-0.3, -0.25) is 28.9 Å². The zero-order chi connectivity index (χ0) is 32.0. The van der Waals surface area contributed by atoms with Gasteiger partial charge < -0.3 is 31.1 Å². The lowest BCUT2D eigenvalue weighted by molar-refractivity contribution is -0.142. The second-order valence-electron chi connectivity index (χ2n) is 12.7. The number of imide groups is 1. The van der Waals surface area contributed by atoms with Crippen molar-refractivity contribution in [3.63, 3.8) is 0 Å². The van der Waals surface area contributed by atoms with E-state index in [4.69, 9.17) is 0 Å². The average Bonchev–Trinajstić information content (AvgIpc) is 3.51. The molecule has 0 unspecified atom stereocenters. The Bertz CT molecular complexity index is 1090. The summed E-state index contributed by atoms with van der Waals surface area (Å²) in [6.07, 6.45) is 2.32. The molecule has 8 amide bonds. The monoisotopic (exact) mass is 591 g/mol. The molecule has 2 fully saturated rings. The predicted molar refractivity (Wildman–Crippen MR) is 154 cm³/mol. The van der Waals surface area contributed by atoms with Crippen molar-refractivity contribution < 1.29 is 33.6 Å². The van der Waals surface area contributed by atoms with Gasteiger partial charge in [0.05, 0.1) is 25.7 Å². The van der Waals surface area contributed by atoms with Crippen molar-refractivity contribution in [1.29, 1.82) is 0 Å². The molecule has 2 aliphatic rings. The van der Waals surface area contributed by atoms with Gasteiger partial charge in [0.1, 0.15) is 12.1 Å². The number of carbonyl (C=O) groups excluding carboxylic acids is 7. The highest BCUT2D eigenvalue weighted by Gasteiger charge is 2.44. The van der Waals surface area contributed by atoms with Crippen molar-refractivity contribution >= 4 is 41.5 Å². The largest absolute Gasteiger partial charge is 0.347 e. The molecule has 2 rings (SSSR count). The molecule has 2 saturated heterocycles. The second kappa shape index (κ2) is 13.8. The number of Topliss-reactive ketones (excluding diaryl/α,β-unsaturated/α-hetero) is 1. The summed E-state index contributed by atoms with van der Waals surface area (Å²) in [6, 6.07) is -3.57. The van der Waals surface area contributed by atoms with Gasteiger partial charge in [-0.2, -0.15) is 0 Å². The van der Waals surface area contributed by atoms with Crippen LogP contribution in [0.2, 0.25) is 0 Å². The minimum atomic E-state index is -1.02. The van der Waals surface area contributed by atoms with Gasteiger partial charge in [0.2, 0.25) is 23.5 Å². The van der Waals surface area contributed by atoms with Crippen LogP contribution >= 0.6 is 0 Å². The van der Waals surface area contributed by atoms with E-state index in [1.165, 1.54) is 15.9 Å². The number of hydrogen-bond donors (Lipinski definition) is 4. The Morgan fingerprint density at radius 1 is 1.07 bits per heavy atom. The summed E-state index contributed by atoms with van der Waals surface area (Å²) in [6.45, 7) is 14.2. The fourth-order valence-electron chi connectivity index (χ4n) is 4.90. The molecule has 0 aliphatic carbocycles. The number of nitrogens with one attached hydrogen (secondary N) is 4. The first kappa shape index (κ1) is 34.2. The van der Waals surface area contributed by atoms with Crippen LogP contribution in [0.3, 0.4) is 0 Å². The van der Waals surface area contributed by atoms with Crippen molar-refractivity contribution in [2.24, 2.45) is 10.8 Å². The van der Waals surface area contributed by atoms with Crippen LogP contribution in [0.15, 0.2) is 12.7 Å². The first-order valence-electron chi connectivity index (χ1n) is 14.0. The van der Waals surface area contributed by atoms with E-state index in [1.807, 2.05) is 20.8 Å². The number of hydrogen-bond acceptors (Lipinski definition) is 7. The Kier molecular flexibility index (Phi) is 11.2. The Balaban J connectivity index is 2.17. The number of nitrogens with zero attached hydrogens (tertiary/aromatic N) is 3. The maximum absolute atomic E-state index is 13.8. The molecule has 2 heterocycles. The minimum absolute atomic E-state index is 0.0229. The van der Waals surface area contributed by atoms with Crippen molar-refractivity contribution in [3.8, 4) is 0 Å². The Labute approximate surface area is 247 Å². The quantitative estimate of drug-likeness (QED) is 0.148. The van der Waals surface area contributed by atoms with E-state index in [-0.39, 0.29) is 32.1 Å². The van der Waals surface area contributed by atoms with Crippen molar-refractivity contribution in [2.75, 3.05) is 39.8 Å². The average molecular weight is 592 g/mol. The Hall–Kier alpha value is -3.97. The zero-order valence-corrected chi connectivity index (χ0v) is 25.7. The van der Waals surface area contributed by atoms with Gasteiger partial charge in [-0.25, -0.2) is 9.59 Å². The first-order valence-corrected chi connectivity index (χ1v) is 14.0. The van der Waals surface area contributed by atoms with E-state index in [0.29, 0.717) is 12.8 Å². The number of amides is 8. The molecular weight excluding hydrogens is 546 g/mol. The van der Waals surface area contributed by atoms with E-state index in [9.17, 15) is 33.6 Å². The van der Waals surface area contributed by atoms with Crippen molar-refractivity contribution in [3.05, 3.63) is 12.7 Å². The molecule has 3 atom stereocenters. The zero-order valence-electron chi connectivity index (χ0n) is 25.7. The molecule has 4 N–H and O–H groups in total. The second-order valence-corrected chi connectivity index (χ2v) is 12.7. The first-order chi connectivity index (χ1) is 19.4. The third-order valence-corrected chi connectivity index (χ3v) is 7.38. The number of carbonyl (C=O) groups is 7. The van der Waals surface area contributed by atoms with E-state index in [1.54, 1.807) is 27.8 Å². The van der Waals surface area contributed by atoms with Gasteiger partial charge in [-0.15, -0.1) is 6.58 Å². The highest BCUT2D eigenvalue weighted by Crippen LogP contribution is 2.28. The van der Waals surface area contributed by atoms with Gasteiger partial charge in [0.25, 0.3) is 5.91 Å². The normalized spacial score (nSPS) is 18.6.